The Morgan fingerprint density at radius 2 is 1.82 bits per heavy atom. The lowest BCUT2D eigenvalue weighted by atomic mass is 10.1. The number of aromatic amines is 1. The quantitative estimate of drug-likeness (QED) is 0.429. The molecule has 0 saturated carbocycles. The number of hydrogen-bond donors (Lipinski definition) is 1. The molecule has 0 saturated heterocycles. The summed E-state index contributed by atoms with van der Waals surface area (Å²) in [5.41, 5.74) is 2.80. The molecule has 0 spiro atoms. The van der Waals surface area contributed by atoms with E-state index in [1.54, 1.807) is 18.3 Å². The summed E-state index contributed by atoms with van der Waals surface area (Å²) < 4.78 is 11.5. The summed E-state index contributed by atoms with van der Waals surface area (Å²) in [5, 5.41) is 2.43. The van der Waals surface area contributed by atoms with Gasteiger partial charge in [0.15, 0.2) is 5.69 Å². The van der Waals surface area contributed by atoms with Crippen LogP contribution in [0.5, 0.6) is 11.5 Å². The van der Waals surface area contributed by atoms with Crippen LogP contribution in [-0.4, -0.2) is 22.0 Å². The smallest absolute Gasteiger partial charge is 0.357 e. The molecule has 4 aromatic rings. The Kier molecular flexibility index (Phi) is 4.69. The standard InChI is InChI=1S/C22H19ClN2O3/c1-12(2)27-22(26)21-13(3)19-17(11-24-21)25-16-5-4-6-18(20(16)19)28-15-9-7-14(23)8-10-15/h4-12,25H,1-3H3. The molecule has 0 atom stereocenters. The van der Waals surface area contributed by atoms with Crippen LogP contribution < -0.4 is 4.74 Å². The van der Waals surface area contributed by atoms with Crippen LogP contribution in [0, 0.1) is 6.92 Å². The fourth-order valence-corrected chi connectivity index (χ4v) is 3.38. The van der Waals surface area contributed by atoms with Gasteiger partial charge < -0.3 is 14.5 Å². The number of esters is 1. The van der Waals surface area contributed by atoms with Crippen LogP contribution in [0.25, 0.3) is 21.8 Å². The lowest BCUT2D eigenvalue weighted by Gasteiger charge is -2.11. The molecule has 0 aliphatic rings. The summed E-state index contributed by atoms with van der Waals surface area (Å²) in [4.78, 5) is 20.1. The number of pyridine rings is 1. The number of fused-ring (bicyclic) bond motifs is 3. The summed E-state index contributed by atoms with van der Waals surface area (Å²) in [6, 6.07) is 13.0. The normalized spacial score (nSPS) is 11.3. The number of halogens is 1. The van der Waals surface area contributed by atoms with E-state index in [2.05, 4.69) is 9.97 Å². The van der Waals surface area contributed by atoms with Gasteiger partial charge >= 0.3 is 5.97 Å². The summed E-state index contributed by atoms with van der Waals surface area (Å²) in [7, 11) is 0. The van der Waals surface area contributed by atoms with Gasteiger partial charge in [-0.15, -0.1) is 0 Å². The van der Waals surface area contributed by atoms with Crippen LogP contribution in [0.15, 0.2) is 48.7 Å². The third kappa shape index (κ3) is 3.29. The predicted octanol–water partition coefficient (Wildman–Crippen LogP) is 6.04. The van der Waals surface area contributed by atoms with E-state index >= 15 is 0 Å². The minimum Gasteiger partial charge on any atom is -0.458 e. The zero-order valence-corrected chi connectivity index (χ0v) is 16.5. The molecule has 0 radical (unpaired) electrons. The lowest BCUT2D eigenvalue weighted by molar-refractivity contribution is 0.0370. The van der Waals surface area contributed by atoms with Crippen molar-refractivity contribution in [1.29, 1.82) is 0 Å². The SMILES string of the molecule is Cc1c(C(=O)OC(C)C)ncc2[nH]c3cccc(Oc4ccc(Cl)cc4)c3c12. The maximum atomic E-state index is 12.4. The molecule has 2 aromatic heterocycles. The summed E-state index contributed by atoms with van der Waals surface area (Å²) in [6.45, 7) is 5.50. The highest BCUT2D eigenvalue weighted by molar-refractivity contribution is 6.30. The number of ether oxygens (including phenoxy) is 2. The minimum absolute atomic E-state index is 0.212. The maximum absolute atomic E-state index is 12.4. The predicted molar refractivity (Wildman–Crippen MR) is 110 cm³/mol. The number of nitrogens with one attached hydrogen (secondary N) is 1. The minimum atomic E-state index is -0.431. The van der Waals surface area contributed by atoms with E-state index in [1.807, 2.05) is 51.1 Å². The van der Waals surface area contributed by atoms with Crippen LogP contribution in [0.4, 0.5) is 0 Å². The van der Waals surface area contributed by atoms with E-state index in [1.165, 1.54) is 0 Å². The van der Waals surface area contributed by atoms with Crippen molar-refractivity contribution < 1.29 is 14.3 Å². The number of aromatic nitrogens is 2. The highest BCUT2D eigenvalue weighted by Gasteiger charge is 2.20. The molecular weight excluding hydrogens is 376 g/mol. The van der Waals surface area contributed by atoms with Crippen molar-refractivity contribution >= 4 is 39.4 Å². The molecule has 6 heteroatoms. The van der Waals surface area contributed by atoms with Crippen molar-refractivity contribution in [3.05, 3.63) is 64.9 Å². The van der Waals surface area contributed by atoms with Crippen molar-refractivity contribution in [1.82, 2.24) is 9.97 Å². The fraction of sp³-hybridized carbons (Fsp3) is 0.182. The van der Waals surface area contributed by atoms with E-state index in [0.717, 1.165) is 27.4 Å². The van der Waals surface area contributed by atoms with E-state index in [-0.39, 0.29) is 6.10 Å². The van der Waals surface area contributed by atoms with Crippen LogP contribution in [0.2, 0.25) is 5.02 Å². The molecule has 0 fully saturated rings. The van der Waals surface area contributed by atoms with Crippen LogP contribution >= 0.6 is 11.6 Å². The molecule has 0 aliphatic heterocycles. The largest absolute Gasteiger partial charge is 0.458 e. The highest BCUT2D eigenvalue weighted by atomic mass is 35.5. The van der Waals surface area contributed by atoms with Gasteiger partial charge in [-0.05, 0) is 62.7 Å². The molecule has 0 amide bonds. The van der Waals surface area contributed by atoms with Gasteiger partial charge in [0.1, 0.15) is 11.5 Å². The van der Waals surface area contributed by atoms with Crippen LogP contribution in [0.1, 0.15) is 29.9 Å². The van der Waals surface area contributed by atoms with Gasteiger partial charge in [-0.3, -0.25) is 0 Å². The molecule has 4 rings (SSSR count). The lowest BCUT2D eigenvalue weighted by Crippen LogP contribution is -2.14. The number of rotatable bonds is 4. The van der Waals surface area contributed by atoms with Crippen molar-refractivity contribution in [3.63, 3.8) is 0 Å². The summed E-state index contributed by atoms with van der Waals surface area (Å²) in [6.07, 6.45) is 1.45. The van der Waals surface area contributed by atoms with E-state index in [9.17, 15) is 4.79 Å². The van der Waals surface area contributed by atoms with Crippen molar-refractivity contribution in [3.8, 4) is 11.5 Å². The Bertz CT molecular complexity index is 1180. The van der Waals surface area contributed by atoms with Gasteiger partial charge in [0.2, 0.25) is 0 Å². The fourth-order valence-electron chi connectivity index (χ4n) is 3.26. The molecule has 0 aliphatic carbocycles. The third-order valence-corrected chi connectivity index (χ3v) is 4.70. The number of H-pyrrole nitrogens is 1. The molecule has 28 heavy (non-hydrogen) atoms. The van der Waals surface area contributed by atoms with Crippen molar-refractivity contribution in [2.45, 2.75) is 26.9 Å². The highest BCUT2D eigenvalue weighted by Crippen LogP contribution is 2.37. The van der Waals surface area contributed by atoms with Gasteiger partial charge in [-0.25, -0.2) is 9.78 Å². The van der Waals surface area contributed by atoms with Crippen LogP contribution in [-0.2, 0) is 4.74 Å². The Labute approximate surface area is 167 Å². The molecule has 2 heterocycles. The zero-order valence-electron chi connectivity index (χ0n) is 15.7. The Morgan fingerprint density at radius 3 is 2.54 bits per heavy atom. The van der Waals surface area contributed by atoms with Gasteiger partial charge in [0.05, 0.1) is 28.7 Å². The second-order valence-electron chi connectivity index (χ2n) is 6.83. The third-order valence-electron chi connectivity index (χ3n) is 4.45. The van der Waals surface area contributed by atoms with Gasteiger partial charge in [0.25, 0.3) is 0 Å². The Hall–Kier alpha value is -3.05. The molecule has 0 unspecified atom stereocenters. The van der Waals surface area contributed by atoms with Crippen molar-refractivity contribution in [2.24, 2.45) is 0 Å². The maximum Gasteiger partial charge on any atom is 0.357 e. The van der Waals surface area contributed by atoms with Crippen molar-refractivity contribution in [2.75, 3.05) is 0 Å². The first-order valence-corrected chi connectivity index (χ1v) is 9.36. The second-order valence-corrected chi connectivity index (χ2v) is 7.27. The van der Waals surface area contributed by atoms with E-state index < -0.39 is 5.97 Å². The summed E-state index contributed by atoms with van der Waals surface area (Å²) in [5.74, 6) is 0.931. The number of carbonyl (C=O) groups excluding carboxylic acids is 1. The second kappa shape index (κ2) is 7.17. The monoisotopic (exact) mass is 394 g/mol. The first kappa shape index (κ1) is 18.3. The van der Waals surface area contributed by atoms with Gasteiger partial charge in [0, 0.05) is 10.4 Å². The number of nitrogens with zero attached hydrogens (tertiary/aromatic N) is 1. The average molecular weight is 395 g/mol. The topological polar surface area (TPSA) is 64.2 Å². The zero-order chi connectivity index (χ0) is 19.8. The molecule has 2 aromatic carbocycles. The Balaban J connectivity index is 1.88. The Morgan fingerprint density at radius 1 is 1.07 bits per heavy atom. The number of carbonyl (C=O) groups is 1. The first-order chi connectivity index (χ1) is 13.4. The van der Waals surface area contributed by atoms with Crippen LogP contribution in [0.3, 0.4) is 0 Å². The molecule has 142 valence electrons. The summed E-state index contributed by atoms with van der Waals surface area (Å²) >= 11 is 5.96. The average Bonchev–Trinajstić information content (AvgIpc) is 3.03. The molecule has 1 N–H and O–H groups in total. The van der Waals surface area contributed by atoms with Gasteiger partial charge in [-0.2, -0.15) is 0 Å². The molecule has 5 nitrogen and oxygen atoms in total. The van der Waals surface area contributed by atoms with E-state index in [4.69, 9.17) is 21.1 Å². The number of aryl methyl sites for hydroxylation is 1. The van der Waals surface area contributed by atoms with E-state index in [0.29, 0.717) is 22.2 Å². The number of benzene rings is 2. The molecule has 0 bridgehead atoms. The first-order valence-electron chi connectivity index (χ1n) is 8.98. The number of hydrogen-bond acceptors (Lipinski definition) is 4. The molecular formula is C22H19ClN2O3. The van der Waals surface area contributed by atoms with Gasteiger partial charge in [-0.1, -0.05) is 17.7 Å².